The molecule has 0 unspecified atom stereocenters. The third kappa shape index (κ3) is 4.95. The maximum atomic E-state index is 13.0. The van der Waals surface area contributed by atoms with E-state index in [1.165, 1.54) is 7.11 Å². The summed E-state index contributed by atoms with van der Waals surface area (Å²) in [5, 5.41) is 2.79. The van der Waals surface area contributed by atoms with Crippen LogP contribution in [0.3, 0.4) is 0 Å². The number of methoxy groups -OCH3 is 1. The number of ether oxygens (including phenoxy) is 2. The van der Waals surface area contributed by atoms with Crippen molar-refractivity contribution in [2.45, 2.75) is 20.4 Å². The van der Waals surface area contributed by atoms with E-state index < -0.39 is 11.9 Å². The normalized spacial score (nSPS) is 14.4. The van der Waals surface area contributed by atoms with Gasteiger partial charge in [0.1, 0.15) is 5.56 Å². The lowest BCUT2D eigenvalue weighted by Crippen LogP contribution is -2.40. The Morgan fingerprint density at radius 2 is 1.83 bits per heavy atom. The van der Waals surface area contributed by atoms with Crippen molar-refractivity contribution in [2.75, 3.05) is 45.3 Å². The summed E-state index contributed by atoms with van der Waals surface area (Å²) in [6.45, 7) is 7.84. The molecule has 8 heteroatoms. The molecule has 1 amide bonds. The van der Waals surface area contributed by atoms with E-state index >= 15 is 0 Å². The smallest absolute Gasteiger partial charge is 0.337 e. The van der Waals surface area contributed by atoms with Gasteiger partial charge in [-0.15, -0.1) is 0 Å². The predicted octanol–water partition coefficient (Wildman–Crippen LogP) is 1.84. The minimum Gasteiger partial charge on any atom is -0.465 e. The molecule has 1 aromatic carbocycles. The number of carbonyl (C=O) groups is 2. The van der Waals surface area contributed by atoms with Crippen molar-refractivity contribution >= 4 is 17.6 Å². The van der Waals surface area contributed by atoms with Crippen molar-refractivity contribution in [3.63, 3.8) is 0 Å². The number of esters is 1. The molecule has 1 aromatic heterocycles. The summed E-state index contributed by atoms with van der Waals surface area (Å²) in [7, 11) is 1.32. The van der Waals surface area contributed by atoms with E-state index in [0.717, 1.165) is 19.6 Å². The van der Waals surface area contributed by atoms with Crippen LogP contribution in [-0.2, 0) is 16.0 Å². The first-order valence-electron chi connectivity index (χ1n) is 9.91. The van der Waals surface area contributed by atoms with Gasteiger partial charge in [0.25, 0.3) is 11.5 Å². The highest BCUT2D eigenvalue weighted by atomic mass is 16.5. The molecule has 1 saturated heterocycles. The second-order valence-corrected chi connectivity index (χ2v) is 7.30. The van der Waals surface area contributed by atoms with Gasteiger partial charge in [0.05, 0.1) is 25.9 Å². The molecule has 1 N–H and O–H groups in total. The molecule has 1 aliphatic heterocycles. The number of aryl methyl sites for hydroxylation is 2. The van der Waals surface area contributed by atoms with Crippen LogP contribution in [0, 0.1) is 13.8 Å². The van der Waals surface area contributed by atoms with Crippen LogP contribution < -0.4 is 10.9 Å². The second kappa shape index (κ2) is 9.69. The van der Waals surface area contributed by atoms with E-state index in [1.807, 2.05) is 0 Å². The topological polar surface area (TPSA) is 89.9 Å². The quantitative estimate of drug-likeness (QED) is 0.727. The van der Waals surface area contributed by atoms with Crippen LogP contribution in [-0.4, -0.2) is 61.3 Å². The zero-order chi connectivity index (χ0) is 21.7. The zero-order valence-corrected chi connectivity index (χ0v) is 17.6. The Hall–Kier alpha value is -2.97. The summed E-state index contributed by atoms with van der Waals surface area (Å²) < 4.78 is 11.6. The number of pyridine rings is 1. The minimum absolute atomic E-state index is 0.121. The number of carbonyl (C=O) groups excluding carboxylic acids is 2. The van der Waals surface area contributed by atoms with Crippen LogP contribution in [0.2, 0.25) is 0 Å². The Morgan fingerprint density at radius 1 is 1.10 bits per heavy atom. The molecule has 0 atom stereocenters. The highest BCUT2D eigenvalue weighted by molar-refractivity contribution is 6.05. The third-order valence-corrected chi connectivity index (χ3v) is 5.26. The number of rotatable bonds is 6. The molecular formula is C22H27N3O5. The summed E-state index contributed by atoms with van der Waals surface area (Å²) in [4.78, 5) is 39.8. The SMILES string of the molecule is COC(=O)c1ccc(NC(=O)c2c(C)ccn(CCN3CCOCC3)c2=O)c(C)c1. The fraction of sp³-hybridized carbons (Fsp3) is 0.409. The molecule has 0 bridgehead atoms. The van der Waals surface area contributed by atoms with Crippen LogP contribution in [0.15, 0.2) is 35.3 Å². The molecule has 8 nitrogen and oxygen atoms in total. The number of anilines is 1. The molecule has 1 aliphatic rings. The Balaban J connectivity index is 1.77. The van der Waals surface area contributed by atoms with Gasteiger partial charge in [-0.2, -0.15) is 0 Å². The monoisotopic (exact) mass is 413 g/mol. The van der Waals surface area contributed by atoms with E-state index in [-0.39, 0.29) is 11.1 Å². The van der Waals surface area contributed by atoms with Crippen LogP contribution in [0.4, 0.5) is 5.69 Å². The second-order valence-electron chi connectivity index (χ2n) is 7.30. The number of benzene rings is 1. The van der Waals surface area contributed by atoms with Crippen LogP contribution in [0.25, 0.3) is 0 Å². The van der Waals surface area contributed by atoms with E-state index in [9.17, 15) is 14.4 Å². The van der Waals surface area contributed by atoms with Gasteiger partial charge < -0.3 is 19.4 Å². The number of amides is 1. The lowest BCUT2D eigenvalue weighted by Gasteiger charge is -2.26. The summed E-state index contributed by atoms with van der Waals surface area (Å²) in [5.74, 6) is -0.912. The van der Waals surface area contributed by atoms with Crippen LogP contribution in [0.1, 0.15) is 31.8 Å². The van der Waals surface area contributed by atoms with E-state index in [4.69, 9.17) is 9.47 Å². The van der Waals surface area contributed by atoms with Gasteiger partial charge in [-0.25, -0.2) is 4.79 Å². The first-order valence-corrected chi connectivity index (χ1v) is 9.91. The summed E-state index contributed by atoms with van der Waals surface area (Å²) in [5.41, 5.74) is 2.06. The molecule has 0 saturated carbocycles. The molecule has 2 heterocycles. The third-order valence-electron chi connectivity index (χ3n) is 5.26. The number of morpholine rings is 1. The average Bonchev–Trinajstić information content (AvgIpc) is 2.75. The van der Waals surface area contributed by atoms with Crippen molar-refractivity contribution in [3.8, 4) is 0 Å². The zero-order valence-electron chi connectivity index (χ0n) is 17.6. The molecule has 1 fully saturated rings. The Labute approximate surface area is 175 Å². The van der Waals surface area contributed by atoms with Crippen LogP contribution >= 0.6 is 0 Å². The maximum Gasteiger partial charge on any atom is 0.337 e. The van der Waals surface area contributed by atoms with E-state index in [0.29, 0.717) is 42.1 Å². The summed E-state index contributed by atoms with van der Waals surface area (Å²) in [6.07, 6.45) is 1.73. The van der Waals surface area contributed by atoms with E-state index in [1.54, 1.807) is 48.9 Å². The maximum absolute atomic E-state index is 13.0. The minimum atomic E-state index is -0.466. The number of aromatic nitrogens is 1. The van der Waals surface area contributed by atoms with Gasteiger partial charge in [-0.1, -0.05) is 0 Å². The van der Waals surface area contributed by atoms with Crippen LogP contribution in [0.5, 0.6) is 0 Å². The molecule has 3 rings (SSSR count). The van der Waals surface area contributed by atoms with Gasteiger partial charge in [-0.3, -0.25) is 14.5 Å². The lowest BCUT2D eigenvalue weighted by molar-refractivity contribution is 0.0362. The molecule has 160 valence electrons. The van der Waals surface area contributed by atoms with Crippen molar-refractivity contribution in [3.05, 3.63) is 63.1 Å². The molecule has 2 aromatic rings. The molecule has 30 heavy (non-hydrogen) atoms. The first-order chi connectivity index (χ1) is 14.4. The van der Waals surface area contributed by atoms with Crippen molar-refractivity contribution < 1.29 is 19.1 Å². The van der Waals surface area contributed by atoms with Crippen molar-refractivity contribution in [1.29, 1.82) is 0 Å². The molecule has 0 radical (unpaired) electrons. The van der Waals surface area contributed by atoms with Gasteiger partial charge in [0.15, 0.2) is 0 Å². The number of hydrogen-bond donors (Lipinski definition) is 1. The lowest BCUT2D eigenvalue weighted by atomic mass is 10.1. The van der Waals surface area contributed by atoms with Gasteiger partial charge in [0, 0.05) is 38.1 Å². The Bertz CT molecular complexity index is 993. The number of nitrogens with one attached hydrogen (secondary N) is 1. The summed E-state index contributed by atoms with van der Waals surface area (Å²) in [6, 6.07) is 6.63. The fourth-order valence-electron chi connectivity index (χ4n) is 3.42. The molecular weight excluding hydrogens is 386 g/mol. The predicted molar refractivity (Wildman–Crippen MR) is 113 cm³/mol. The summed E-state index contributed by atoms with van der Waals surface area (Å²) >= 11 is 0. The van der Waals surface area contributed by atoms with E-state index in [2.05, 4.69) is 10.2 Å². The van der Waals surface area contributed by atoms with Crippen molar-refractivity contribution in [2.24, 2.45) is 0 Å². The fourth-order valence-corrected chi connectivity index (χ4v) is 3.42. The average molecular weight is 413 g/mol. The first kappa shape index (κ1) is 21.7. The Morgan fingerprint density at radius 3 is 2.50 bits per heavy atom. The molecule has 0 spiro atoms. The standard InChI is InChI=1S/C22H27N3O5/c1-15-6-7-25(9-8-24-10-12-30-13-11-24)21(27)19(15)20(26)23-18-5-4-17(14-16(18)2)22(28)29-3/h4-7,14H,8-13H2,1-3H3,(H,23,26). The highest BCUT2D eigenvalue weighted by Gasteiger charge is 2.18. The van der Waals surface area contributed by atoms with Crippen molar-refractivity contribution in [1.82, 2.24) is 9.47 Å². The van der Waals surface area contributed by atoms with Gasteiger partial charge in [0.2, 0.25) is 0 Å². The largest absolute Gasteiger partial charge is 0.465 e. The van der Waals surface area contributed by atoms with Gasteiger partial charge >= 0.3 is 5.97 Å². The Kier molecular flexibility index (Phi) is 7.02. The number of hydrogen-bond acceptors (Lipinski definition) is 6. The van der Waals surface area contributed by atoms with Gasteiger partial charge in [-0.05, 0) is 49.2 Å². The highest BCUT2D eigenvalue weighted by Crippen LogP contribution is 2.18. The molecule has 0 aliphatic carbocycles. The number of nitrogens with zero attached hydrogens (tertiary/aromatic N) is 2.